The molecule has 0 aromatic heterocycles. The summed E-state index contributed by atoms with van der Waals surface area (Å²) in [5.74, 6) is 0.288. The molecule has 1 aromatic carbocycles. The predicted molar refractivity (Wildman–Crippen MR) is 61.8 cm³/mol. The Kier molecular flexibility index (Phi) is 4.45. The zero-order valence-corrected chi connectivity index (χ0v) is 9.09. The van der Waals surface area contributed by atoms with Crippen LogP contribution < -0.4 is 11.5 Å². The van der Waals surface area contributed by atoms with Crippen LogP contribution >= 0.6 is 11.8 Å². The van der Waals surface area contributed by atoms with E-state index in [-0.39, 0.29) is 6.61 Å². The van der Waals surface area contributed by atoms with E-state index < -0.39 is 5.91 Å². The third kappa shape index (κ3) is 3.45. The van der Waals surface area contributed by atoms with Crippen LogP contribution in [0.5, 0.6) is 0 Å². The third-order valence-corrected chi connectivity index (χ3v) is 2.94. The first-order valence-electron chi connectivity index (χ1n) is 4.58. The molecule has 1 amide bonds. The number of aliphatic hydroxyl groups is 1. The first kappa shape index (κ1) is 11.9. The van der Waals surface area contributed by atoms with Gasteiger partial charge in [-0.25, -0.2) is 0 Å². The summed E-state index contributed by atoms with van der Waals surface area (Å²) in [4.78, 5) is 11.9. The molecule has 0 spiro atoms. The van der Waals surface area contributed by atoms with Crippen LogP contribution in [0.1, 0.15) is 16.8 Å². The molecule has 0 aliphatic rings. The molecule has 0 aliphatic heterocycles. The molecule has 0 aliphatic carbocycles. The lowest BCUT2D eigenvalue weighted by Gasteiger charge is -2.05. The van der Waals surface area contributed by atoms with Crippen molar-refractivity contribution in [2.45, 2.75) is 11.3 Å². The SMILES string of the molecule is NC(=O)c1cc(SCCCO)ccc1N. The second kappa shape index (κ2) is 5.63. The van der Waals surface area contributed by atoms with Crippen molar-refractivity contribution in [2.24, 2.45) is 5.73 Å². The zero-order chi connectivity index (χ0) is 11.3. The number of aliphatic hydroxyl groups excluding tert-OH is 1. The Bertz CT molecular complexity index is 355. The summed E-state index contributed by atoms with van der Waals surface area (Å²) < 4.78 is 0. The van der Waals surface area contributed by atoms with Crippen LogP contribution in [0, 0.1) is 0 Å². The smallest absolute Gasteiger partial charge is 0.250 e. The van der Waals surface area contributed by atoms with Crippen molar-refractivity contribution in [1.29, 1.82) is 0 Å². The van der Waals surface area contributed by atoms with E-state index in [4.69, 9.17) is 16.6 Å². The average molecular weight is 226 g/mol. The molecule has 5 N–H and O–H groups in total. The third-order valence-electron chi connectivity index (χ3n) is 1.86. The number of rotatable bonds is 5. The highest BCUT2D eigenvalue weighted by Crippen LogP contribution is 2.23. The van der Waals surface area contributed by atoms with Crippen molar-refractivity contribution in [2.75, 3.05) is 18.1 Å². The fourth-order valence-corrected chi connectivity index (χ4v) is 1.97. The molecule has 0 unspecified atom stereocenters. The normalized spacial score (nSPS) is 10.2. The van der Waals surface area contributed by atoms with Gasteiger partial charge in [0.25, 0.3) is 5.91 Å². The summed E-state index contributed by atoms with van der Waals surface area (Å²) in [6, 6.07) is 5.19. The molecule has 0 atom stereocenters. The highest BCUT2D eigenvalue weighted by Gasteiger charge is 2.06. The summed E-state index contributed by atoms with van der Waals surface area (Å²) in [6.45, 7) is 0.171. The predicted octanol–water partition coefficient (Wildman–Crippen LogP) is 0.842. The van der Waals surface area contributed by atoms with Gasteiger partial charge >= 0.3 is 0 Å². The van der Waals surface area contributed by atoms with E-state index in [1.165, 1.54) is 0 Å². The Morgan fingerprint density at radius 2 is 2.20 bits per heavy atom. The number of carbonyl (C=O) groups excluding carboxylic acids is 1. The maximum atomic E-state index is 11.0. The molecule has 82 valence electrons. The molecule has 4 nitrogen and oxygen atoms in total. The molecule has 0 saturated heterocycles. The van der Waals surface area contributed by atoms with Crippen molar-refractivity contribution in [3.05, 3.63) is 23.8 Å². The van der Waals surface area contributed by atoms with Crippen molar-refractivity contribution in [3.63, 3.8) is 0 Å². The number of primary amides is 1. The number of hydrogen-bond acceptors (Lipinski definition) is 4. The lowest BCUT2D eigenvalue weighted by Crippen LogP contribution is -2.13. The van der Waals surface area contributed by atoms with Crippen LogP contribution in [0.4, 0.5) is 5.69 Å². The van der Waals surface area contributed by atoms with Crippen LogP contribution in [0.15, 0.2) is 23.1 Å². The van der Waals surface area contributed by atoms with Gasteiger partial charge < -0.3 is 16.6 Å². The van der Waals surface area contributed by atoms with Gasteiger partial charge in [-0.2, -0.15) is 0 Å². The Morgan fingerprint density at radius 1 is 1.47 bits per heavy atom. The number of anilines is 1. The highest BCUT2D eigenvalue weighted by molar-refractivity contribution is 7.99. The Labute approximate surface area is 92.6 Å². The molecule has 0 fully saturated rings. The van der Waals surface area contributed by atoms with Crippen molar-refractivity contribution >= 4 is 23.4 Å². The zero-order valence-electron chi connectivity index (χ0n) is 8.27. The van der Waals surface area contributed by atoms with Gasteiger partial charge in [0.1, 0.15) is 0 Å². The number of hydrogen-bond donors (Lipinski definition) is 3. The van der Waals surface area contributed by atoms with E-state index in [0.717, 1.165) is 17.1 Å². The Balaban J connectivity index is 2.74. The van der Waals surface area contributed by atoms with Gasteiger partial charge in [-0.1, -0.05) is 0 Å². The van der Waals surface area contributed by atoms with Gasteiger partial charge in [0.2, 0.25) is 0 Å². The molecule has 0 radical (unpaired) electrons. The molecule has 1 aromatic rings. The summed E-state index contributed by atoms with van der Waals surface area (Å²) in [7, 11) is 0. The van der Waals surface area contributed by atoms with Gasteiger partial charge in [-0.3, -0.25) is 4.79 Å². The van der Waals surface area contributed by atoms with Gasteiger partial charge in [-0.05, 0) is 24.6 Å². The van der Waals surface area contributed by atoms with Crippen molar-refractivity contribution < 1.29 is 9.90 Å². The molecule has 0 saturated carbocycles. The Morgan fingerprint density at radius 3 is 2.80 bits per heavy atom. The van der Waals surface area contributed by atoms with E-state index in [1.54, 1.807) is 23.9 Å². The van der Waals surface area contributed by atoms with Crippen LogP contribution in [-0.4, -0.2) is 23.4 Å². The van der Waals surface area contributed by atoms with E-state index in [1.807, 2.05) is 6.07 Å². The Hall–Kier alpha value is -1.20. The minimum absolute atomic E-state index is 0.171. The summed E-state index contributed by atoms with van der Waals surface area (Å²) in [5, 5.41) is 8.62. The highest BCUT2D eigenvalue weighted by atomic mass is 32.2. The standard InChI is InChI=1S/C10H14N2O2S/c11-9-3-2-7(15-5-1-4-13)6-8(9)10(12)14/h2-3,6,13H,1,4-5,11H2,(H2,12,14). The van der Waals surface area contributed by atoms with Crippen molar-refractivity contribution in [3.8, 4) is 0 Å². The van der Waals surface area contributed by atoms with Gasteiger partial charge in [0.05, 0.1) is 5.56 Å². The second-order valence-corrected chi connectivity index (χ2v) is 4.21. The number of nitrogen functional groups attached to an aromatic ring is 1. The van der Waals surface area contributed by atoms with E-state index >= 15 is 0 Å². The molecule has 1 rings (SSSR count). The molecular weight excluding hydrogens is 212 g/mol. The van der Waals surface area contributed by atoms with Crippen molar-refractivity contribution in [1.82, 2.24) is 0 Å². The lowest BCUT2D eigenvalue weighted by molar-refractivity contribution is 0.100. The molecule has 15 heavy (non-hydrogen) atoms. The number of carbonyl (C=O) groups is 1. The average Bonchev–Trinajstić information content (AvgIpc) is 2.20. The van der Waals surface area contributed by atoms with Crippen LogP contribution in [0.3, 0.4) is 0 Å². The molecule has 0 bridgehead atoms. The minimum atomic E-state index is -0.517. The second-order valence-electron chi connectivity index (χ2n) is 3.04. The monoisotopic (exact) mass is 226 g/mol. The first-order valence-corrected chi connectivity index (χ1v) is 5.56. The molecule has 0 heterocycles. The number of amides is 1. The van der Waals surface area contributed by atoms with E-state index in [2.05, 4.69) is 0 Å². The largest absolute Gasteiger partial charge is 0.398 e. The first-order chi connectivity index (χ1) is 7.15. The fraction of sp³-hybridized carbons (Fsp3) is 0.300. The molecular formula is C10H14N2O2S. The number of nitrogens with two attached hydrogens (primary N) is 2. The van der Waals surface area contributed by atoms with Crippen LogP contribution in [-0.2, 0) is 0 Å². The van der Waals surface area contributed by atoms with Gasteiger partial charge in [-0.15, -0.1) is 11.8 Å². The van der Waals surface area contributed by atoms with E-state index in [9.17, 15) is 4.79 Å². The minimum Gasteiger partial charge on any atom is -0.398 e. The number of benzene rings is 1. The van der Waals surface area contributed by atoms with Crippen LogP contribution in [0.25, 0.3) is 0 Å². The van der Waals surface area contributed by atoms with Gasteiger partial charge in [0.15, 0.2) is 0 Å². The summed E-state index contributed by atoms with van der Waals surface area (Å²) in [5.41, 5.74) is 11.5. The topological polar surface area (TPSA) is 89.3 Å². The number of thioether (sulfide) groups is 1. The van der Waals surface area contributed by atoms with Gasteiger partial charge in [0, 0.05) is 22.9 Å². The maximum Gasteiger partial charge on any atom is 0.250 e. The fourth-order valence-electron chi connectivity index (χ4n) is 1.09. The summed E-state index contributed by atoms with van der Waals surface area (Å²) in [6.07, 6.45) is 0.723. The maximum absolute atomic E-state index is 11.0. The van der Waals surface area contributed by atoms with E-state index in [0.29, 0.717) is 11.3 Å². The lowest BCUT2D eigenvalue weighted by atomic mass is 10.2. The quantitative estimate of drug-likeness (QED) is 0.394. The summed E-state index contributed by atoms with van der Waals surface area (Å²) >= 11 is 1.56. The molecule has 5 heteroatoms. The van der Waals surface area contributed by atoms with Crippen LogP contribution in [0.2, 0.25) is 0 Å².